The van der Waals surface area contributed by atoms with Crippen molar-refractivity contribution in [2.45, 2.75) is 31.2 Å². The number of carbonyl (C=O) groups is 2. The molecule has 0 aliphatic rings. The molecule has 2 rings (SSSR count). The van der Waals surface area contributed by atoms with E-state index in [-0.39, 0.29) is 10.8 Å². The molecule has 0 heterocycles. The summed E-state index contributed by atoms with van der Waals surface area (Å²) in [5.74, 6) is -1.02. The van der Waals surface area contributed by atoms with Gasteiger partial charge in [0.1, 0.15) is 6.04 Å². The summed E-state index contributed by atoms with van der Waals surface area (Å²) in [5, 5.41) is 2.51. The lowest BCUT2D eigenvalue weighted by Crippen LogP contribution is -2.46. The number of hydrogen-bond acceptors (Lipinski definition) is 5. The summed E-state index contributed by atoms with van der Waals surface area (Å²) in [6.07, 6.45) is 0.395. The molecule has 1 amide bonds. The fourth-order valence-electron chi connectivity index (χ4n) is 2.77. The first kappa shape index (κ1) is 22.6. The monoisotopic (exact) mass is 418 g/mol. The van der Waals surface area contributed by atoms with Crippen LogP contribution in [0.15, 0.2) is 59.5 Å². The predicted octanol–water partition coefficient (Wildman–Crippen LogP) is 2.34. The van der Waals surface area contributed by atoms with Gasteiger partial charge in [-0.25, -0.2) is 17.9 Å². The van der Waals surface area contributed by atoms with Crippen molar-refractivity contribution < 1.29 is 22.7 Å². The van der Waals surface area contributed by atoms with Crippen molar-refractivity contribution in [3.63, 3.8) is 0 Å². The first-order chi connectivity index (χ1) is 13.7. The fourth-order valence-corrected chi connectivity index (χ4v) is 3.76. The number of hydrogen-bond donors (Lipinski definition) is 2. The van der Waals surface area contributed by atoms with E-state index in [4.69, 9.17) is 0 Å². The van der Waals surface area contributed by atoms with E-state index in [2.05, 4.69) is 14.8 Å². The average Bonchev–Trinajstić information content (AvgIpc) is 2.71. The minimum Gasteiger partial charge on any atom is -0.467 e. The van der Waals surface area contributed by atoms with Crippen LogP contribution < -0.4 is 10.0 Å². The van der Waals surface area contributed by atoms with Gasteiger partial charge in [0.15, 0.2) is 0 Å². The zero-order valence-corrected chi connectivity index (χ0v) is 17.5. The Kier molecular flexibility index (Phi) is 7.92. The molecule has 2 aromatic rings. The number of sulfonamides is 1. The number of methoxy groups -OCH3 is 1. The zero-order valence-electron chi connectivity index (χ0n) is 16.7. The quantitative estimate of drug-likeness (QED) is 0.609. The van der Waals surface area contributed by atoms with Crippen LogP contribution in [0.5, 0.6) is 0 Å². The molecule has 0 saturated heterocycles. The molecule has 0 aliphatic heterocycles. The van der Waals surface area contributed by atoms with Crippen LogP contribution in [0.4, 0.5) is 0 Å². The van der Waals surface area contributed by atoms with Crippen molar-refractivity contribution in [1.29, 1.82) is 0 Å². The third kappa shape index (κ3) is 6.69. The van der Waals surface area contributed by atoms with Gasteiger partial charge in [-0.3, -0.25) is 4.79 Å². The first-order valence-electron chi connectivity index (χ1n) is 9.25. The first-order valence-corrected chi connectivity index (χ1v) is 10.7. The largest absolute Gasteiger partial charge is 0.467 e. The van der Waals surface area contributed by atoms with Crippen molar-refractivity contribution in [3.05, 3.63) is 54.6 Å². The van der Waals surface area contributed by atoms with Crippen molar-refractivity contribution in [1.82, 2.24) is 10.0 Å². The lowest BCUT2D eigenvalue weighted by Gasteiger charge is -2.18. The topological polar surface area (TPSA) is 102 Å². The van der Waals surface area contributed by atoms with Gasteiger partial charge in [-0.2, -0.15) is 0 Å². The molecule has 1 unspecified atom stereocenters. The molecule has 0 aromatic heterocycles. The van der Waals surface area contributed by atoms with E-state index in [1.54, 1.807) is 12.1 Å². The molecule has 0 fully saturated rings. The third-order valence-corrected chi connectivity index (χ3v) is 5.64. The Bertz CT molecular complexity index is 925. The van der Waals surface area contributed by atoms with Crippen molar-refractivity contribution in [2.75, 3.05) is 13.7 Å². The second-order valence-electron chi connectivity index (χ2n) is 6.99. The van der Waals surface area contributed by atoms with Crippen LogP contribution in [0.25, 0.3) is 11.1 Å². The van der Waals surface area contributed by atoms with Crippen LogP contribution in [0, 0.1) is 5.92 Å². The van der Waals surface area contributed by atoms with E-state index >= 15 is 0 Å². The molecule has 0 spiro atoms. The Labute approximate surface area is 171 Å². The van der Waals surface area contributed by atoms with Crippen LogP contribution in [-0.4, -0.2) is 40.0 Å². The second kappa shape index (κ2) is 10.2. The lowest BCUT2D eigenvalue weighted by atomic mass is 10.0. The highest BCUT2D eigenvalue weighted by molar-refractivity contribution is 7.89. The average molecular weight is 419 g/mol. The molecule has 7 nitrogen and oxygen atoms in total. The van der Waals surface area contributed by atoms with Gasteiger partial charge >= 0.3 is 5.97 Å². The Morgan fingerprint density at radius 3 is 2.10 bits per heavy atom. The van der Waals surface area contributed by atoms with Crippen molar-refractivity contribution >= 4 is 21.9 Å². The summed E-state index contributed by atoms with van der Waals surface area (Å²) in [5.41, 5.74) is 1.86. The van der Waals surface area contributed by atoms with E-state index < -0.39 is 34.5 Å². The fraction of sp³-hybridized carbons (Fsp3) is 0.333. The van der Waals surface area contributed by atoms with E-state index in [0.29, 0.717) is 6.42 Å². The van der Waals surface area contributed by atoms with Crippen LogP contribution in [0.3, 0.4) is 0 Å². The predicted molar refractivity (Wildman–Crippen MR) is 110 cm³/mol. The van der Waals surface area contributed by atoms with Gasteiger partial charge in [0, 0.05) is 0 Å². The summed E-state index contributed by atoms with van der Waals surface area (Å²) in [7, 11) is -2.63. The van der Waals surface area contributed by atoms with E-state index in [1.807, 2.05) is 44.2 Å². The Morgan fingerprint density at radius 1 is 0.966 bits per heavy atom. The Morgan fingerprint density at radius 2 is 1.55 bits per heavy atom. The SMILES string of the molecule is COC(=O)C(CC(C)C)NC(=O)CNS(=O)(=O)c1ccc(-c2ccccc2)cc1. The van der Waals surface area contributed by atoms with E-state index in [9.17, 15) is 18.0 Å². The molecular formula is C21H26N2O5S. The standard InChI is InChI=1S/C21H26N2O5S/c1-15(2)13-19(21(25)28-3)23-20(24)14-22-29(26,27)18-11-9-17(10-12-18)16-7-5-4-6-8-16/h4-12,15,19,22H,13-14H2,1-3H3,(H,23,24). The Hall–Kier alpha value is -2.71. The van der Waals surface area contributed by atoms with Crippen LogP contribution in [0.1, 0.15) is 20.3 Å². The molecule has 0 bridgehead atoms. The molecule has 1 atom stereocenters. The van der Waals surface area contributed by atoms with E-state index in [1.165, 1.54) is 19.2 Å². The molecule has 2 aromatic carbocycles. The van der Waals surface area contributed by atoms with Crippen molar-refractivity contribution in [2.24, 2.45) is 5.92 Å². The van der Waals surface area contributed by atoms with E-state index in [0.717, 1.165) is 11.1 Å². The van der Waals surface area contributed by atoms with Gasteiger partial charge in [0.2, 0.25) is 15.9 Å². The highest BCUT2D eigenvalue weighted by Crippen LogP contribution is 2.20. The maximum atomic E-state index is 12.5. The molecule has 2 N–H and O–H groups in total. The Balaban J connectivity index is 2.00. The molecule has 29 heavy (non-hydrogen) atoms. The molecule has 0 aliphatic carbocycles. The number of amides is 1. The molecular weight excluding hydrogens is 392 g/mol. The number of benzene rings is 2. The minimum absolute atomic E-state index is 0.0525. The summed E-state index contributed by atoms with van der Waals surface area (Å²) in [6.45, 7) is 3.34. The number of ether oxygens (including phenoxy) is 1. The second-order valence-corrected chi connectivity index (χ2v) is 8.75. The van der Waals surface area contributed by atoms with Gasteiger partial charge in [0.05, 0.1) is 18.6 Å². The highest BCUT2D eigenvalue weighted by atomic mass is 32.2. The molecule has 156 valence electrons. The minimum atomic E-state index is -3.87. The van der Waals surface area contributed by atoms with Crippen LogP contribution in [0.2, 0.25) is 0 Å². The third-order valence-electron chi connectivity index (χ3n) is 4.22. The van der Waals surface area contributed by atoms with Gasteiger partial charge in [-0.05, 0) is 35.6 Å². The molecule has 0 saturated carbocycles. The normalized spacial score (nSPS) is 12.4. The van der Waals surface area contributed by atoms with Crippen molar-refractivity contribution in [3.8, 4) is 11.1 Å². The summed E-state index contributed by atoms with van der Waals surface area (Å²) < 4.78 is 31.9. The smallest absolute Gasteiger partial charge is 0.328 e. The van der Waals surface area contributed by atoms with Gasteiger partial charge in [-0.15, -0.1) is 0 Å². The maximum Gasteiger partial charge on any atom is 0.328 e. The van der Waals surface area contributed by atoms with Crippen LogP contribution in [-0.2, 0) is 24.3 Å². The highest BCUT2D eigenvalue weighted by Gasteiger charge is 2.23. The number of rotatable bonds is 9. The number of esters is 1. The maximum absolute atomic E-state index is 12.5. The number of nitrogens with one attached hydrogen (secondary N) is 2. The molecule has 8 heteroatoms. The summed E-state index contributed by atoms with van der Waals surface area (Å²) in [6, 6.07) is 15.1. The molecule has 0 radical (unpaired) electrons. The summed E-state index contributed by atoms with van der Waals surface area (Å²) >= 11 is 0. The number of carbonyl (C=O) groups excluding carboxylic acids is 2. The van der Waals surface area contributed by atoms with Crippen LogP contribution >= 0.6 is 0 Å². The lowest BCUT2D eigenvalue weighted by molar-refractivity contribution is -0.145. The van der Waals surface area contributed by atoms with Gasteiger partial charge in [-0.1, -0.05) is 56.3 Å². The summed E-state index contributed by atoms with van der Waals surface area (Å²) in [4.78, 5) is 24.0. The van der Waals surface area contributed by atoms with Gasteiger partial charge < -0.3 is 10.1 Å². The van der Waals surface area contributed by atoms with Gasteiger partial charge in [0.25, 0.3) is 0 Å². The zero-order chi connectivity index (χ0) is 21.4.